The van der Waals surface area contributed by atoms with Gasteiger partial charge in [-0.05, 0) is 61.4 Å². The highest BCUT2D eigenvalue weighted by atomic mass is 31.1. The molecule has 4 aliphatic heterocycles. The Bertz CT molecular complexity index is 1730. The number of hydrogen-bond donors (Lipinski definition) is 0. The lowest BCUT2D eigenvalue weighted by Crippen LogP contribution is -2.43. The van der Waals surface area contributed by atoms with Crippen molar-refractivity contribution in [3.05, 3.63) is 81.9 Å². The topological polar surface area (TPSA) is 76.2 Å². The molecule has 3 aromatic rings. The minimum absolute atomic E-state index is 0.0752. The molecule has 0 aliphatic carbocycles. The molecular weight excluding hydrogens is 511 g/mol. The van der Waals surface area contributed by atoms with Crippen molar-refractivity contribution in [3.8, 4) is 5.75 Å². The lowest BCUT2D eigenvalue weighted by atomic mass is 9.77. The maximum Gasteiger partial charge on any atom is 0.349 e. The molecule has 2 amide bonds. The van der Waals surface area contributed by atoms with E-state index in [1.807, 2.05) is 30.3 Å². The third kappa shape index (κ3) is 3.71. The van der Waals surface area contributed by atoms with E-state index < -0.39 is 22.9 Å². The molecular formula is C31H27N2O5P. The standard InChI is InChI=1S/C31H27N2O5P/c1-18-7-8-20-16-22-24(37-25(20)15-18)13-14-32-23-10-9-19-5-3-4-6-21(19)28(23)31(2,29(22)32)17-39-30(36)38-33-26(34)11-12-27(33)35/h3-10,15-16,24,39H,1,11-14,17H2,2H3. The molecule has 196 valence electrons. The summed E-state index contributed by atoms with van der Waals surface area (Å²) in [5.41, 5.74) is 3.51. The van der Waals surface area contributed by atoms with E-state index >= 15 is 0 Å². The molecule has 0 N–H and O–H groups in total. The molecule has 1 fully saturated rings. The molecule has 4 heterocycles. The molecule has 8 heteroatoms. The van der Waals surface area contributed by atoms with E-state index in [1.54, 1.807) is 0 Å². The fourth-order valence-electron chi connectivity index (χ4n) is 6.46. The molecule has 0 spiro atoms. The van der Waals surface area contributed by atoms with E-state index in [9.17, 15) is 14.4 Å². The average molecular weight is 539 g/mol. The van der Waals surface area contributed by atoms with Gasteiger partial charge in [-0.15, -0.1) is 5.06 Å². The summed E-state index contributed by atoms with van der Waals surface area (Å²) >= 11 is 0. The van der Waals surface area contributed by atoms with Crippen molar-refractivity contribution in [2.75, 3.05) is 17.6 Å². The van der Waals surface area contributed by atoms with Gasteiger partial charge in [0.05, 0.1) is 0 Å². The Labute approximate surface area is 227 Å². The summed E-state index contributed by atoms with van der Waals surface area (Å²) in [7, 11) is -0.263. The number of anilines is 1. The number of benzene rings is 3. The molecule has 7 rings (SSSR count). The average Bonchev–Trinajstić information content (AvgIpc) is 3.39. The summed E-state index contributed by atoms with van der Waals surface area (Å²) in [6.07, 6.45) is 3.59. The predicted octanol–water partition coefficient (Wildman–Crippen LogP) is 4.11. The number of nitrogens with zero attached hydrogens (tertiary/aromatic N) is 2. The summed E-state index contributed by atoms with van der Waals surface area (Å²) in [6.45, 7) is 7.04. The summed E-state index contributed by atoms with van der Waals surface area (Å²) in [6, 6.07) is 18.7. The predicted molar refractivity (Wildman–Crippen MR) is 151 cm³/mol. The second-order valence-electron chi connectivity index (χ2n) is 10.7. The van der Waals surface area contributed by atoms with Crippen LogP contribution in [0.15, 0.2) is 65.9 Å². The fourth-order valence-corrected chi connectivity index (χ4v) is 7.46. The zero-order valence-electron chi connectivity index (χ0n) is 21.5. The lowest BCUT2D eigenvalue weighted by Gasteiger charge is -2.40. The van der Waals surface area contributed by atoms with E-state index in [0.717, 1.165) is 56.9 Å². The van der Waals surface area contributed by atoms with Crippen LogP contribution in [0.3, 0.4) is 0 Å². The Kier molecular flexibility index (Phi) is 5.43. The molecule has 0 bridgehead atoms. The first-order chi connectivity index (χ1) is 18.8. The van der Waals surface area contributed by atoms with Crippen LogP contribution in [-0.2, 0) is 19.8 Å². The lowest BCUT2D eigenvalue weighted by molar-refractivity contribution is -0.169. The first kappa shape index (κ1) is 24.1. The van der Waals surface area contributed by atoms with Gasteiger partial charge in [-0.25, -0.2) is 4.79 Å². The van der Waals surface area contributed by atoms with Gasteiger partial charge in [0.2, 0.25) is 0 Å². The monoisotopic (exact) mass is 538 g/mol. The van der Waals surface area contributed by atoms with Crippen molar-refractivity contribution in [2.24, 2.45) is 0 Å². The Morgan fingerprint density at radius 3 is 2.74 bits per heavy atom. The minimum Gasteiger partial charge on any atom is -0.485 e. The summed E-state index contributed by atoms with van der Waals surface area (Å²) in [5, 5.41) is 4.85. The number of ether oxygens (including phenoxy) is 1. The third-order valence-corrected chi connectivity index (χ3v) is 9.47. The van der Waals surface area contributed by atoms with Crippen LogP contribution in [0.1, 0.15) is 31.7 Å². The van der Waals surface area contributed by atoms with Gasteiger partial charge in [0.15, 0.2) is 0 Å². The number of imide groups is 1. The van der Waals surface area contributed by atoms with Crippen molar-refractivity contribution in [1.82, 2.24) is 5.06 Å². The van der Waals surface area contributed by atoms with Crippen LogP contribution in [0.2, 0.25) is 0 Å². The van der Waals surface area contributed by atoms with E-state index in [0.29, 0.717) is 11.2 Å². The summed E-state index contributed by atoms with van der Waals surface area (Å²) in [4.78, 5) is 44.7. The largest absolute Gasteiger partial charge is 0.485 e. The maximum atomic E-state index is 13.0. The Balaban J connectivity index is 1.36. The van der Waals surface area contributed by atoms with Gasteiger partial charge in [0.25, 0.3) is 11.8 Å². The van der Waals surface area contributed by atoms with Crippen molar-refractivity contribution in [2.45, 2.75) is 37.7 Å². The molecule has 3 unspecified atom stereocenters. The highest BCUT2D eigenvalue weighted by molar-refractivity contribution is 7.57. The summed E-state index contributed by atoms with van der Waals surface area (Å²) in [5.74, 6) is -0.0879. The van der Waals surface area contributed by atoms with Gasteiger partial charge in [0.1, 0.15) is 11.9 Å². The number of amides is 2. The zero-order valence-corrected chi connectivity index (χ0v) is 22.5. The second kappa shape index (κ2) is 8.78. The van der Waals surface area contributed by atoms with Crippen LogP contribution in [0.4, 0.5) is 10.5 Å². The highest BCUT2D eigenvalue weighted by Gasteiger charge is 2.49. The normalized spacial score (nSPS) is 23.5. The number of carbonyl (C=O) groups excluding carboxylic acids is 3. The Hall–Kier alpha value is -3.96. The van der Waals surface area contributed by atoms with Crippen LogP contribution in [0, 0.1) is 0 Å². The van der Waals surface area contributed by atoms with E-state index in [2.05, 4.69) is 48.7 Å². The van der Waals surface area contributed by atoms with E-state index in [1.165, 1.54) is 5.56 Å². The van der Waals surface area contributed by atoms with Crippen LogP contribution in [0.5, 0.6) is 5.75 Å². The number of carbonyl (C=O) groups is 3. The second-order valence-corrected chi connectivity index (χ2v) is 11.8. The minimum atomic E-state index is -0.560. The first-order valence-electron chi connectivity index (χ1n) is 13.2. The van der Waals surface area contributed by atoms with E-state index in [-0.39, 0.29) is 27.5 Å². The molecule has 39 heavy (non-hydrogen) atoms. The van der Waals surface area contributed by atoms with Gasteiger partial charge in [-0.2, -0.15) is 0 Å². The van der Waals surface area contributed by atoms with Gasteiger partial charge in [-0.1, -0.05) is 49.0 Å². The molecule has 3 aromatic carbocycles. The maximum absolute atomic E-state index is 13.0. The summed E-state index contributed by atoms with van der Waals surface area (Å²) < 4.78 is 6.52. The number of hydroxylamine groups is 2. The van der Waals surface area contributed by atoms with Crippen molar-refractivity contribution in [1.29, 1.82) is 0 Å². The molecule has 0 radical (unpaired) electrons. The molecule has 0 saturated carbocycles. The van der Waals surface area contributed by atoms with Gasteiger partial charge < -0.3 is 14.5 Å². The van der Waals surface area contributed by atoms with Crippen molar-refractivity contribution >= 4 is 55.2 Å². The van der Waals surface area contributed by atoms with Crippen LogP contribution < -0.4 is 20.1 Å². The zero-order chi connectivity index (χ0) is 26.9. The SMILES string of the molecule is C=c1ccc2c(c1)OC1CCN3C(=C1C=2)C(C)(CPC(=O)ON1C(=O)CCC1=O)c1c3ccc2ccccc12. The van der Waals surface area contributed by atoms with Crippen LogP contribution in [-0.4, -0.2) is 41.4 Å². The molecule has 4 aliphatic rings. The van der Waals surface area contributed by atoms with Gasteiger partial charge in [0, 0.05) is 53.4 Å². The number of allylic oxidation sites excluding steroid dienone is 1. The number of hydrogen-bond acceptors (Lipinski definition) is 6. The fraction of sp³-hybridized carbons (Fsp3) is 0.258. The number of rotatable bonds is 4. The Morgan fingerprint density at radius 2 is 1.92 bits per heavy atom. The Morgan fingerprint density at radius 1 is 1.13 bits per heavy atom. The van der Waals surface area contributed by atoms with Crippen LogP contribution >= 0.6 is 8.58 Å². The first-order valence-corrected chi connectivity index (χ1v) is 14.4. The van der Waals surface area contributed by atoms with Crippen molar-refractivity contribution in [3.63, 3.8) is 0 Å². The smallest absolute Gasteiger partial charge is 0.349 e. The van der Waals surface area contributed by atoms with Crippen LogP contribution in [0.25, 0.3) is 23.4 Å². The van der Waals surface area contributed by atoms with Gasteiger partial charge >= 0.3 is 5.71 Å². The third-order valence-electron chi connectivity index (χ3n) is 8.20. The molecule has 1 saturated heterocycles. The number of fused-ring (bicyclic) bond motifs is 7. The molecule has 3 atom stereocenters. The highest BCUT2D eigenvalue weighted by Crippen LogP contribution is 2.56. The van der Waals surface area contributed by atoms with Gasteiger partial charge in [-0.3, -0.25) is 9.59 Å². The van der Waals surface area contributed by atoms with E-state index in [4.69, 9.17) is 9.57 Å². The molecule has 0 aromatic heterocycles. The molecule has 7 nitrogen and oxygen atoms in total. The quantitative estimate of drug-likeness (QED) is 0.368. The van der Waals surface area contributed by atoms with Crippen molar-refractivity contribution < 1.29 is 24.0 Å².